The van der Waals surface area contributed by atoms with Crippen LogP contribution in [0, 0.1) is 0 Å². The molecule has 0 amide bonds. The lowest BCUT2D eigenvalue weighted by Gasteiger charge is -2.26. The quantitative estimate of drug-likeness (QED) is 0.225. The lowest BCUT2D eigenvalue weighted by Crippen LogP contribution is -2.29. The summed E-state index contributed by atoms with van der Waals surface area (Å²) >= 11 is 0. The summed E-state index contributed by atoms with van der Waals surface area (Å²) < 4.78 is 24.1. The summed E-state index contributed by atoms with van der Waals surface area (Å²) in [5.74, 6) is 0.185. The van der Waals surface area contributed by atoms with Crippen molar-refractivity contribution in [1.29, 1.82) is 0 Å². The Morgan fingerprint density at radius 1 is 0.947 bits per heavy atom. The minimum atomic E-state index is -0.650. The first-order chi connectivity index (χ1) is 18.4. The number of aromatic nitrogens is 1. The third-order valence-corrected chi connectivity index (χ3v) is 7.04. The molecule has 0 saturated carbocycles. The van der Waals surface area contributed by atoms with E-state index in [-0.39, 0.29) is 35.0 Å². The Kier molecular flexibility index (Phi) is 5.52. The highest BCUT2D eigenvalue weighted by Gasteiger charge is 2.39. The predicted octanol–water partition coefficient (Wildman–Crippen LogP) is 4.61. The number of allylic oxidation sites excluding steroid dienone is 1. The molecule has 2 aliphatic rings. The monoisotopic (exact) mass is 509 g/mol. The van der Waals surface area contributed by atoms with E-state index in [0.717, 1.165) is 10.9 Å². The molecule has 8 nitrogen and oxygen atoms in total. The SMILES string of the molecule is COc1cccc(/C=C2\Oc3c(ccc4c3C(c3cc5ccccc5n(C)c3=O)CC(=O)O4)C2=O)c1OC. The Morgan fingerprint density at radius 2 is 1.76 bits per heavy atom. The van der Waals surface area contributed by atoms with Crippen LogP contribution in [0.3, 0.4) is 0 Å². The predicted molar refractivity (Wildman–Crippen MR) is 140 cm³/mol. The highest BCUT2D eigenvalue weighted by Crippen LogP contribution is 2.49. The van der Waals surface area contributed by atoms with Gasteiger partial charge in [0.15, 0.2) is 17.3 Å². The van der Waals surface area contributed by atoms with Gasteiger partial charge in [-0.25, -0.2) is 0 Å². The zero-order valence-corrected chi connectivity index (χ0v) is 20.9. The number of fused-ring (bicyclic) bond motifs is 4. The Morgan fingerprint density at radius 3 is 2.55 bits per heavy atom. The zero-order valence-electron chi connectivity index (χ0n) is 20.9. The Hall–Kier alpha value is -4.85. The van der Waals surface area contributed by atoms with Crippen LogP contribution in [0.15, 0.2) is 71.2 Å². The van der Waals surface area contributed by atoms with E-state index in [1.54, 1.807) is 54.1 Å². The van der Waals surface area contributed by atoms with Gasteiger partial charge in [-0.05, 0) is 41.8 Å². The number of ether oxygens (including phenoxy) is 4. The fraction of sp³-hybridized carbons (Fsp3) is 0.167. The normalized spacial score (nSPS) is 17.1. The third-order valence-electron chi connectivity index (χ3n) is 7.04. The van der Waals surface area contributed by atoms with Gasteiger partial charge in [0.05, 0.1) is 31.7 Å². The number of hydrogen-bond donors (Lipinski definition) is 0. The van der Waals surface area contributed by atoms with Crippen molar-refractivity contribution in [2.24, 2.45) is 7.05 Å². The van der Waals surface area contributed by atoms with Gasteiger partial charge in [-0.2, -0.15) is 0 Å². The van der Waals surface area contributed by atoms with Gasteiger partial charge in [0.25, 0.3) is 5.56 Å². The molecule has 4 aromatic rings. The lowest BCUT2D eigenvalue weighted by atomic mass is 9.84. The first kappa shape index (κ1) is 23.5. The van der Waals surface area contributed by atoms with E-state index < -0.39 is 11.9 Å². The van der Waals surface area contributed by atoms with E-state index in [1.165, 1.54) is 14.2 Å². The van der Waals surface area contributed by atoms with E-state index in [1.807, 2.05) is 24.3 Å². The molecule has 190 valence electrons. The molecule has 0 bridgehead atoms. The molecule has 0 fully saturated rings. The van der Waals surface area contributed by atoms with Gasteiger partial charge in [0.2, 0.25) is 5.78 Å². The Bertz CT molecular complexity index is 1750. The maximum atomic E-state index is 13.5. The van der Waals surface area contributed by atoms with Gasteiger partial charge in [-0.3, -0.25) is 14.4 Å². The van der Waals surface area contributed by atoms with Gasteiger partial charge in [0, 0.05) is 29.7 Å². The van der Waals surface area contributed by atoms with Gasteiger partial charge in [-0.15, -0.1) is 0 Å². The smallest absolute Gasteiger partial charge is 0.312 e. The summed E-state index contributed by atoms with van der Waals surface area (Å²) in [4.78, 5) is 39.5. The van der Waals surface area contributed by atoms with Crippen molar-refractivity contribution < 1.29 is 28.5 Å². The van der Waals surface area contributed by atoms with Crippen LogP contribution in [-0.2, 0) is 11.8 Å². The summed E-state index contributed by atoms with van der Waals surface area (Å²) in [5, 5.41) is 0.861. The van der Waals surface area contributed by atoms with Gasteiger partial charge < -0.3 is 23.5 Å². The first-order valence-electron chi connectivity index (χ1n) is 12.0. The number of hydrogen-bond acceptors (Lipinski definition) is 7. The van der Waals surface area contributed by atoms with Crippen molar-refractivity contribution in [2.45, 2.75) is 12.3 Å². The minimum Gasteiger partial charge on any atom is -0.493 e. The maximum Gasteiger partial charge on any atom is 0.312 e. The number of aryl methyl sites for hydroxylation is 1. The molecule has 3 heterocycles. The molecule has 0 spiro atoms. The molecule has 1 atom stereocenters. The van der Waals surface area contributed by atoms with Crippen LogP contribution in [0.4, 0.5) is 0 Å². The van der Waals surface area contributed by atoms with Crippen molar-refractivity contribution in [3.8, 4) is 23.0 Å². The highest BCUT2D eigenvalue weighted by molar-refractivity contribution is 6.15. The van der Waals surface area contributed by atoms with Crippen LogP contribution in [0.25, 0.3) is 17.0 Å². The summed E-state index contributed by atoms with van der Waals surface area (Å²) in [6.07, 6.45) is 1.53. The second kappa shape index (κ2) is 8.92. The summed E-state index contributed by atoms with van der Waals surface area (Å²) in [7, 11) is 4.76. The molecular formula is C30H23NO7. The number of nitrogens with zero attached hydrogens (tertiary/aromatic N) is 1. The van der Waals surface area contributed by atoms with Crippen LogP contribution in [0.5, 0.6) is 23.0 Å². The summed E-state index contributed by atoms with van der Waals surface area (Å²) in [5.41, 5.74) is 2.42. The van der Waals surface area contributed by atoms with E-state index in [2.05, 4.69) is 0 Å². The second-order valence-electron chi connectivity index (χ2n) is 9.13. The van der Waals surface area contributed by atoms with Crippen LogP contribution in [-0.4, -0.2) is 30.5 Å². The topological polar surface area (TPSA) is 93.1 Å². The molecule has 0 saturated heterocycles. The highest BCUT2D eigenvalue weighted by atomic mass is 16.5. The van der Waals surface area contributed by atoms with Crippen LogP contribution in [0.2, 0.25) is 0 Å². The molecule has 1 aromatic heterocycles. The average molecular weight is 510 g/mol. The Balaban J connectivity index is 1.51. The number of para-hydroxylation sites is 2. The largest absolute Gasteiger partial charge is 0.493 e. The molecule has 0 aliphatic carbocycles. The van der Waals surface area contributed by atoms with Crippen molar-refractivity contribution in [3.63, 3.8) is 0 Å². The molecule has 1 unspecified atom stereocenters. The zero-order chi connectivity index (χ0) is 26.6. The van der Waals surface area contributed by atoms with Crippen molar-refractivity contribution >= 4 is 28.7 Å². The minimum absolute atomic E-state index is 0.0582. The van der Waals surface area contributed by atoms with Crippen molar-refractivity contribution in [2.75, 3.05) is 14.2 Å². The third kappa shape index (κ3) is 3.56. The first-order valence-corrected chi connectivity index (χ1v) is 12.0. The summed E-state index contributed by atoms with van der Waals surface area (Å²) in [6.45, 7) is 0. The van der Waals surface area contributed by atoms with E-state index >= 15 is 0 Å². The number of ketones is 1. The molecule has 2 aliphatic heterocycles. The van der Waals surface area contributed by atoms with Crippen LogP contribution < -0.4 is 24.5 Å². The molecule has 0 radical (unpaired) electrons. The lowest BCUT2D eigenvalue weighted by molar-refractivity contribution is -0.135. The van der Waals surface area contributed by atoms with E-state index in [4.69, 9.17) is 18.9 Å². The molecule has 0 N–H and O–H groups in total. The Labute approximate surface area is 217 Å². The molecular weight excluding hydrogens is 486 g/mol. The van der Waals surface area contributed by atoms with E-state index in [0.29, 0.717) is 33.8 Å². The average Bonchev–Trinajstić information content (AvgIpc) is 3.24. The fourth-order valence-electron chi connectivity index (χ4n) is 5.24. The van der Waals surface area contributed by atoms with Crippen molar-refractivity contribution in [3.05, 3.63) is 99.0 Å². The number of carbonyl (C=O) groups is 2. The number of methoxy groups -OCH3 is 2. The molecule has 8 heteroatoms. The number of benzene rings is 3. The van der Waals surface area contributed by atoms with Gasteiger partial charge in [0.1, 0.15) is 11.5 Å². The molecule has 3 aromatic carbocycles. The van der Waals surface area contributed by atoms with Gasteiger partial charge >= 0.3 is 5.97 Å². The van der Waals surface area contributed by atoms with Gasteiger partial charge in [-0.1, -0.05) is 30.3 Å². The van der Waals surface area contributed by atoms with Crippen LogP contribution in [0.1, 0.15) is 39.4 Å². The number of carbonyl (C=O) groups excluding carboxylic acids is 2. The van der Waals surface area contributed by atoms with Crippen molar-refractivity contribution in [1.82, 2.24) is 4.57 Å². The number of rotatable bonds is 4. The maximum absolute atomic E-state index is 13.5. The number of pyridine rings is 1. The number of Topliss-reactive ketones (excluding diaryl/α,β-unsaturated/α-hetero) is 1. The number of esters is 1. The second-order valence-corrected chi connectivity index (χ2v) is 9.13. The molecule has 6 rings (SSSR count). The summed E-state index contributed by atoms with van der Waals surface area (Å²) in [6, 6.07) is 17.8. The van der Waals surface area contributed by atoms with Crippen LogP contribution >= 0.6 is 0 Å². The standard InChI is InChI=1S/C30H23NO7/c1-31-21-9-5-4-7-16(21)13-20(30(31)34)19-15-25(32)37-22-12-11-18-27(33)24(38-29(18)26(19)22)14-17-8-6-10-23(35-2)28(17)36-3/h4-14,19H,15H2,1-3H3/b24-14-. The van der Waals surface area contributed by atoms with E-state index in [9.17, 15) is 14.4 Å². The molecule has 38 heavy (non-hydrogen) atoms. The fourth-order valence-corrected chi connectivity index (χ4v) is 5.24.